The van der Waals surface area contributed by atoms with Crippen molar-refractivity contribution in [3.05, 3.63) is 29.6 Å². The van der Waals surface area contributed by atoms with Crippen LogP contribution in [0.25, 0.3) is 0 Å². The van der Waals surface area contributed by atoms with E-state index in [0.717, 1.165) is 37.8 Å². The number of rotatable bonds is 4. The lowest BCUT2D eigenvalue weighted by molar-refractivity contribution is -0.129. The van der Waals surface area contributed by atoms with Gasteiger partial charge >= 0.3 is 6.03 Å². The molecule has 1 heterocycles. The molecule has 5 nitrogen and oxygen atoms in total. The molecule has 2 fully saturated rings. The van der Waals surface area contributed by atoms with Crippen molar-refractivity contribution < 1.29 is 22.8 Å². The molecule has 142 valence electrons. The highest BCUT2D eigenvalue weighted by atomic mass is 19.2. The lowest BCUT2D eigenvalue weighted by Gasteiger charge is -2.25. The molecule has 0 spiro atoms. The zero-order valence-corrected chi connectivity index (χ0v) is 14.6. The van der Waals surface area contributed by atoms with Crippen LogP contribution in [0.5, 0.6) is 0 Å². The molecule has 0 radical (unpaired) electrons. The third-order valence-electron chi connectivity index (χ3n) is 5.12. The zero-order valence-electron chi connectivity index (χ0n) is 14.6. The van der Waals surface area contributed by atoms with Crippen molar-refractivity contribution in [2.45, 2.75) is 38.1 Å². The smallest absolute Gasteiger partial charge is 0.321 e. The van der Waals surface area contributed by atoms with Gasteiger partial charge in [-0.1, -0.05) is 12.8 Å². The molecule has 0 aromatic heterocycles. The van der Waals surface area contributed by atoms with Gasteiger partial charge in [-0.3, -0.25) is 4.79 Å². The average Bonchev–Trinajstić information content (AvgIpc) is 3.22. The fraction of sp³-hybridized carbons (Fsp3) is 0.556. The number of likely N-dealkylation sites (tertiary alicyclic amines) is 1. The first-order valence-corrected chi connectivity index (χ1v) is 8.81. The Hall–Kier alpha value is -2.25. The molecular weight excluding hydrogens is 347 g/mol. The monoisotopic (exact) mass is 369 g/mol. The van der Waals surface area contributed by atoms with Gasteiger partial charge in [0.15, 0.2) is 17.5 Å². The third-order valence-corrected chi connectivity index (χ3v) is 5.12. The summed E-state index contributed by atoms with van der Waals surface area (Å²) >= 11 is 0. The molecule has 1 aliphatic carbocycles. The molecule has 1 aromatic rings. The quantitative estimate of drug-likeness (QED) is 0.828. The maximum Gasteiger partial charge on any atom is 0.321 e. The topological polar surface area (TPSA) is 52.7 Å². The van der Waals surface area contributed by atoms with Crippen molar-refractivity contribution in [1.82, 2.24) is 9.80 Å². The van der Waals surface area contributed by atoms with Gasteiger partial charge in [-0.15, -0.1) is 0 Å². The Labute approximate surface area is 150 Å². The van der Waals surface area contributed by atoms with E-state index in [9.17, 15) is 22.8 Å². The number of halogens is 3. The summed E-state index contributed by atoms with van der Waals surface area (Å²) in [4.78, 5) is 27.7. The molecule has 1 N–H and O–H groups in total. The van der Waals surface area contributed by atoms with Crippen LogP contribution >= 0.6 is 0 Å². The molecule has 0 bridgehead atoms. The number of hydrogen-bond donors (Lipinski definition) is 1. The summed E-state index contributed by atoms with van der Waals surface area (Å²) in [5.74, 6) is -4.15. The summed E-state index contributed by atoms with van der Waals surface area (Å²) in [5, 5.41) is 2.34. The summed E-state index contributed by atoms with van der Waals surface area (Å²) in [6.07, 6.45) is 4.76. The van der Waals surface area contributed by atoms with Crippen LogP contribution in [0.3, 0.4) is 0 Å². The van der Waals surface area contributed by atoms with Crippen molar-refractivity contribution in [3.8, 4) is 0 Å². The molecule has 26 heavy (non-hydrogen) atoms. The van der Waals surface area contributed by atoms with Gasteiger partial charge in [0.1, 0.15) is 0 Å². The molecule has 3 rings (SSSR count). The summed E-state index contributed by atoms with van der Waals surface area (Å²) < 4.78 is 39.4. The molecule has 1 aromatic carbocycles. The maximum absolute atomic E-state index is 13.2. The van der Waals surface area contributed by atoms with Gasteiger partial charge in [0.25, 0.3) is 0 Å². The second-order valence-electron chi connectivity index (χ2n) is 7.12. The number of benzene rings is 1. The molecule has 3 amide bonds. The van der Waals surface area contributed by atoms with Crippen LogP contribution in [-0.2, 0) is 4.79 Å². The Morgan fingerprint density at radius 2 is 1.85 bits per heavy atom. The van der Waals surface area contributed by atoms with E-state index in [1.165, 1.54) is 4.90 Å². The normalized spacial score (nSPS) is 20.7. The SMILES string of the molecule is CN(C[C@H]1CC(=O)N(C2CCCC2)C1)C(=O)Nc1cc(F)c(F)c(F)c1. The Balaban J connectivity index is 1.55. The van der Waals surface area contributed by atoms with Crippen LogP contribution < -0.4 is 5.32 Å². The lowest BCUT2D eigenvalue weighted by Crippen LogP contribution is -2.38. The van der Waals surface area contributed by atoms with E-state index in [0.29, 0.717) is 25.6 Å². The molecule has 0 unspecified atom stereocenters. The highest BCUT2D eigenvalue weighted by Gasteiger charge is 2.36. The van der Waals surface area contributed by atoms with Gasteiger partial charge in [0, 0.05) is 56.3 Å². The van der Waals surface area contributed by atoms with E-state index >= 15 is 0 Å². The molecule has 2 aliphatic rings. The third kappa shape index (κ3) is 3.94. The van der Waals surface area contributed by atoms with E-state index in [1.54, 1.807) is 7.05 Å². The van der Waals surface area contributed by atoms with Crippen molar-refractivity contribution >= 4 is 17.6 Å². The fourth-order valence-corrected chi connectivity index (χ4v) is 3.82. The van der Waals surface area contributed by atoms with E-state index < -0.39 is 23.5 Å². The first kappa shape index (κ1) is 18.5. The van der Waals surface area contributed by atoms with E-state index in [1.807, 2.05) is 4.90 Å². The van der Waals surface area contributed by atoms with Crippen LogP contribution in [0.15, 0.2) is 12.1 Å². The highest BCUT2D eigenvalue weighted by Crippen LogP contribution is 2.29. The number of nitrogens with zero attached hydrogens (tertiary/aromatic N) is 2. The maximum atomic E-state index is 13.2. The number of carbonyl (C=O) groups is 2. The van der Waals surface area contributed by atoms with Crippen LogP contribution in [0.4, 0.5) is 23.7 Å². The van der Waals surface area contributed by atoms with E-state index in [-0.39, 0.29) is 17.5 Å². The first-order chi connectivity index (χ1) is 12.3. The van der Waals surface area contributed by atoms with Crippen LogP contribution in [0, 0.1) is 23.4 Å². The number of amides is 3. The van der Waals surface area contributed by atoms with Crippen molar-refractivity contribution in [3.63, 3.8) is 0 Å². The summed E-state index contributed by atoms with van der Waals surface area (Å²) in [5.41, 5.74) is -0.159. The molecule has 1 saturated carbocycles. The van der Waals surface area contributed by atoms with Gasteiger partial charge in [0.05, 0.1) is 0 Å². The average molecular weight is 369 g/mol. The van der Waals surface area contributed by atoms with Gasteiger partial charge in [0.2, 0.25) is 5.91 Å². The largest absolute Gasteiger partial charge is 0.339 e. The Bertz CT molecular complexity index is 684. The highest BCUT2D eigenvalue weighted by molar-refractivity contribution is 5.89. The van der Waals surface area contributed by atoms with E-state index in [2.05, 4.69) is 5.32 Å². The van der Waals surface area contributed by atoms with Crippen molar-refractivity contribution in [1.29, 1.82) is 0 Å². The van der Waals surface area contributed by atoms with Crippen molar-refractivity contribution in [2.75, 3.05) is 25.5 Å². The number of anilines is 1. The Morgan fingerprint density at radius 3 is 2.46 bits per heavy atom. The molecular formula is C18H22F3N3O2. The van der Waals surface area contributed by atoms with Crippen LogP contribution in [0.2, 0.25) is 0 Å². The standard InChI is InChI=1S/C18H22F3N3O2/c1-23(18(26)22-12-7-14(19)17(21)15(20)8-12)9-11-6-16(25)24(10-11)13-4-2-3-5-13/h7-8,11,13H,2-6,9-10H2,1H3,(H,22,26)/t11-/m1/s1. The zero-order chi connectivity index (χ0) is 18.8. The van der Waals surface area contributed by atoms with Gasteiger partial charge in [-0.25, -0.2) is 18.0 Å². The van der Waals surface area contributed by atoms with Crippen molar-refractivity contribution in [2.24, 2.45) is 5.92 Å². The van der Waals surface area contributed by atoms with Gasteiger partial charge < -0.3 is 15.1 Å². The summed E-state index contributed by atoms with van der Waals surface area (Å²) in [7, 11) is 1.55. The molecule has 1 atom stereocenters. The lowest BCUT2D eigenvalue weighted by atomic mass is 10.1. The summed E-state index contributed by atoms with van der Waals surface area (Å²) in [6, 6.07) is 1.20. The summed E-state index contributed by atoms with van der Waals surface area (Å²) in [6.45, 7) is 0.980. The Kier molecular flexibility index (Phi) is 5.38. The number of urea groups is 1. The minimum Gasteiger partial charge on any atom is -0.339 e. The minimum absolute atomic E-state index is 0.0283. The second-order valence-corrected chi connectivity index (χ2v) is 7.12. The number of carbonyl (C=O) groups excluding carboxylic acids is 2. The Morgan fingerprint density at radius 1 is 1.23 bits per heavy atom. The molecule has 1 aliphatic heterocycles. The predicted molar refractivity (Wildman–Crippen MR) is 90.0 cm³/mol. The minimum atomic E-state index is -1.58. The first-order valence-electron chi connectivity index (χ1n) is 8.81. The predicted octanol–water partition coefficient (Wildman–Crippen LogP) is 3.36. The number of nitrogens with one attached hydrogen (secondary N) is 1. The molecule has 1 saturated heterocycles. The fourth-order valence-electron chi connectivity index (χ4n) is 3.82. The number of hydrogen-bond acceptors (Lipinski definition) is 2. The van der Waals surface area contributed by atoms with Crippen LogP contribution in [-0.4, -0.2) is 47.9 Å². The second kappa shape index (κ2) is 7.55. The van der Waals surface area contributed by atoms with E-state index in [4.69, 9.17) is 0 Å². The van der Waals surface area contributed by atoms with Gasteiger partial charge in [-0.05, 0) is 12.8 Å². The van der Waals surface area contributed by atoms with Crippen LogP contribution in [0.1, 0.15) is 32.1 Å². The molecule has 8 heteroatoms. The van der Waals surface area contributed by atoms with Gasteiger partial charge in [-0.2, -0.15) is 0 Å².